The number of carbonyl (C=O) groups is 2. The molecule has 1 N–H and O–H groups in total. The zero-order valence-electron chi connectivity index (χ0n) is 12.6. The predicted molar refractivity (Wildman–Crippen MR) is 80.0 cm³/mol. The summed E-state index contributed by atoms with van der Waals surface area (Å²) in [6.45, 7) is 2.48. The number of aliphatic carboxylic acids is 1. The Kier molecular flexibility index (Phi) is 4.12. The van der Waals surface area contributed by atoms with Gasteiger partial charge in [0.1, 0.15) is 5.69 Å². The summed E-state index contributed by atoms with van der Waals surface area (Å²) in [5.41, 5.74) is 2.54. The minimum Gasteiger partial charge on any atom is -0.479 e. The molecule has 120 valence electrons. The maximum atomic E-state index is 12.4. The van der Waals surface area contributed by atoms with Gasteiger partial charge in [-0.1, -0.05) is 35.0 Å². The third-order valence-electron chi connectivity index (χ3n) is 3.70. The van der Waals surface area contributed by atoms with Crippen LogP contribution in [0, 0.1) is 6.92 Å². The van der Waals surface area contributed by atoms with Crippen LogP contribution in [0.1, 0.15) is 16.1 Å². The smallest absolute Gasteiger partial charge is 0.334 e. The van der Waals surface area contributed by atoms with Gasteiger partial charge in [0, 0.05) is 18.2 Å². The Hall–Kier alpha value is -2.67. The van der Waals surface area contributed by atoms with Crippen LogP contribution in [0.5, 0.6) is 0 Å². The number of ether oxygens (including phenoxy) is 1. The van der Waals surface area contributed by atoms with Gasteiger partial charge in [0.15, 0.2) is 6.10 Å². The fourth-order valence-corrected chi connectivity index (χ4v) is 2.38. The molecule has 0 saturated carbocycles. The van der Waals surface area contributed by atoms with Crippen LogP contribution in [-0.2, 0) is 9.53 Å². The van der Waals surface area contributed by atoms with Crippen molar-refractivity contribution in [2.45, 2.75) is 13.0 Å². The first-order chi connectivity index (χ1) is 11.0. The molecule has 1 fully saturated rings. The summed E-state index contributed by atoms with van der Waals surface area (Å²) in [7, 11) is 0. The van der Waals surface area contributed by atoms with Crippen LogP contribution < -0.4 is 0 Å². The average molecular weight is 316 g/mol. The van der Waals surface area contributed by atoms with Gasteiger partial charge in [0.05, 0.1) is 13.2 Å². The molecule has 1 saturated heterocycles. The number of carboxylic acid groups (broad SMARTS) is 1. The molecule has 1 amide bonds. The molecule has 0 bridgehead atoms. The highest BCUT2D eigenvalue weighted by Crippen LogP contribution is 2.21. The van der Waals surface area contributed by atoms with Gasteiger partial charge in [0.2, 0.25) is 5.76 Å². The second kappa shape index (κ2) is 6.21. The molecule has 1 aromatic carbocycles. The van der Waals surface area contributed by atoms with E-state index in [0.29, 0.717) is 12.2 Å². The van der Waals surface area contributed by atoms with Gasteiger partial charge in [-0.25, -0.2) is 4.79 Å². The van der Waals surface area contributed by atoms with Crippen molar-refractivity contribution in [3.8, 4) is 11.3 Å². The van der Waals surface area contributed by atoms with Crippen LogP contribution >= 0.6 is 0 Å². The number of benzene rings is 1. The summed E-state index contributed by atoms with van der Waals surface area (Å²) in [5.74, 6) is -1.38. The predicted octanol–water partition coefficient (Wildman–Crippen LogP) is 1.58. The molecule has 3 rings (SSSR count). The third kappa shape index (κ3) is 3.24. The Morgan fingerprint density at radius 3 is 2.74 bits per heavy atom. The molecule has 0 aliphatic carbocycles. The molecule has 7 nitrogen and oxygen atoms in total. The van der Waals surface area contributed by atoms with E-state index in [9.17, 15) is 9.59 Å². The van der Waals surface area contributed by atoms with Crippen molar-refractivity contribution in [1.82, 2.24) is 10.1 Å². The third-order valence-corrected chi connectivity index (χ3v) is 3.70. The van der Waals surface area contributed by atoms with E-state index < -0.39 is 12.1 Å². The Labute approximate surface area is 132 Å². The molecule has 1 aliphatic rings. The lowest BCUT2D eigenvalue weighted by Gasteiger charge is -2.29. The second-order valence-corrected chi connectivity index (χ2v) is 5.39. The van der Waals surface area contributed by atoms with Crippen molar-refractivity contribution in [3.63, 3.8) is 0 Å². The molecule has 2 aromatic rings. The summed E-state index contributed by atoms with van der Waals surface area (Å²) in [4.78, 5) is 24.8. The highest BCUT2D eigenvalue weighted by atomic mass is 16.5. The van der Waals surface area contributed by atoms with Gasteiger partial charge in [-0.05, 0) is 6.92 Å². The maximum Gasteiger partial charge on any atom is 0.334 e. The Morgan fingerprint density at radius 1 is 1.30 bits per heavy atom. The molecule has 0 radical (unpaired) electrons. The molecule has 2 heterocycles. The van der Waals surface area contributed by atoms with Crippen LogP contribution in [0.25, 0.3) is 11.3 Å². The van der Waals surface area contributed by atoms with Gasteiger partial charge < -0.3 is 19.3 Å². The van der Waals surface area contributed by atoms with E-state index in [4.69, 9.17) is 14.4 Å². The molecule has 23 heavy (non-hydrogen) atoms. The maximum absolute atomic E-state index is 12.4. The number of hydrogen-bond donors (Lipinski definition) is 1. The number of aromatic nitrogens is 1. The SMILES string of the molecule is Cc1ccc(-c2cc(C(=O)N3CCO[C@@H](C(=O)O)C3)on2)cc1. The van der Waals surface area contributed by atoms with Crippen molar-refractivity contribution >= 4 is 11.9 Å². The average Bonchev–Trinajstić information content (AvgIpc) is 3.05. The van der Waals surface area contributed by atoms with Crippen LogP contribution in [0.3, 0.4) is 0 Å². The van der Waals surface area contributed by atoms with Crippen molar-refractivity contribution in [3.05, 3.63) is 41.7 Å². The number of morpholine rings is 1. The lowest BCUT2D eigenvalue weighted by Crippen LogP contribution is -2.48. The first-order valence-electron chi connectivity index (χ1n) is 7.22. The Morgan fingerprint density at radius 2 is 2.04 bits per heavy atom. The molecule has 0 spiro atoms. The highest BCUT2D eigenvalue weighted by Gasteiger charge is 2.31. The lowest BCUT2D eigenvalue weighted by atomic mass is 10.1. The number of aryl methyl sites for hydroxylation is 1. The van der Waals surface area contributed by atoms with E-state index in [1.54, 1.807) is 6.07 Å². The quantitative estimate of drug-likeness (QED) is 0.924. The monoisotopic (exact) mass is 316 g/mol. The van der Waals surface area contributed by atoms with Crippen LogP contribution in [0.2, 0.25) is 0 Å². The minimum absolute atomic E-state index is 0.00523. The van der Waals surface area contributed by atoms with Gasteiger partial charge in [0.25, 0.3) is 5.91 Å². The van der Waals surface area contributed by atoms with Crippen molar-refractivity contribution < 1.29 is 24.0 Å². The van der Waals surface area contributed by atoms with Gasteiger partial charge in [-0.15, -0.1) is 0 Å². The van der Waals surface area contributed by atoms with E-state index in [1.165, 1.54) is 4.90 Å². The van der Waals surface area contributed by atoms with Gasteiger partial charge in [-0.3, -0.25) is 4.79 Å². The van der Waals surface area contributed by atoms with Crippen LogP contribution in [-0.4, -0.2) is 52.8 Å². The van der Waals surface area contributed by atoms with Crippen LogP contribution in [0.15, 0.2) is 34.9 Å². The van der Waals surface area contributed by atoms with Gasteiger partial charge >= 0.3 is 5.97 Å². The highest BCUT2D eigenvalue weighted by molar-refractivity contribution is 5.93. The topological polar surface area (TPSA) is 92.9 Å². The lowest BCUT2D eigenvalue weighted by molar-refractivity contribution is -0.154. The minimum atomic E-state index is -1.08. The van der Waals surface area contributed by atoms with E-state index in [0.717, 1.165) is 11.1 Å². The Balaban J connectivity index is 1.75. The molecule has 1 aromatic heterocycles. The largest absolute Gasteiger partial charge is 0.479 e. The second-order valence-electron chi connectivity index (χ2n) is 5.39. The molecule has 0 unspecified atom stereocenters. The molecule has 7 heteroatoms. The fourth-order valence-electron chi connectivity index (χ4n) is 2.38. The number of carboxylic acids is 1. The number of hydrogen-bond acceptors (Lipinski definition) is 5. The van der Waals surface area contributed by atoms with Crippen molar-refractivity contribution in [2.24, 2.45) is 0 Å². The number of amides is 1. The number of nitrogens with zero attached hydrogens (tertiary/aromatic N) is 2. The van der Waals surface area contributed by atoms with Crippen LogP contribution in [0.4, 0.5) is 0 Å². The zero-order valence-corrected chi connectivity index (χ0v) is 12.6. The van der Waals surface area contributed by atoms with E-state index >= 15 is 0 Å². The first-order valence-corrected chi connectivity index (χ1v) is 7.22. The summed E-state index contributed by atoms with van der Waals surface area (Å²) in [5, 5.41) is 12.9. The van der Waals surface area contributed by atoms with Crippen molar-refractivity contribution in [2.75, 3.05) is 19.7 Å². The molecule has 1 aliphatic heterocycles. The normalized spacial score (nSPS) is 18.0. The zero-order chi connectivity index (χ0) is 16.4. The standard InChI is InChI=1S/C16H16N2O5/c1-10-2-4-11(5-3-10)12-8-13(23-17-12)15(19)18-6-7-22-14(9-18)16(20)21/h2-5,8,14H,6-7,9H2,1H3,(H,20,21)/t14-/m1/s1. The summed E-state index contributed by atoms with van der Waals surface area (Å²) >= 11 is 0. The van der Waals surface area contributed by atoms with E-state index in [2.05, 4.69) is 5.16 Å². The van der Waals surface area contributed by atoms with E-state index in [1.807, 2.05) is 31.2 Å². The first kappa shape index (κ1) is 15.2. The van der Waals surface area contributed by atoms with Gasteiger partial charge in [-0.2, -0.15) is 0 Å². The van der Waals surface area contributed by atoms with E-state index in [-0.39, 0.29) is 24.8 Å². The summed E-state index contributed by atoms with van der Waals surface area (Å²) in [6.07, 6.45) is -1.01. The number of carbonyl (C=O) groups excluding carboxylic acids is 1. The molecule has 1 atom stereocenters. The van der Waals surface area contributed by atoms with Crippen molar-refractivity contribution in [1.29, 1.82) is 0 Å². The molecular formula is C16H16N2O5. The summed E-state index contributed by atoms with van der Waals surface area (Å²) < 4.78 is 10.2. The Bertz CT molecular complexity index is 722. The molecular weight excluding hydrogens is 300 g/mol. The number of rotatable bonds is 3. The summed E-state index contributed by atoms with van der Waals surface area (Å²) in [6, 6.07) is 9.27. The fraction of sp³-hybridized carbons (Fsp3) is 0.312.